The molecule has 1 unspecified atom stereocenters. The highest BCUT2D eigenvalue weighted by molar-refractivity contribution is 5.92. The number of amides is 1. The van der Waals surface area contributed by atoms with Crippen LogP contribution in [0.4, 0.5) is 0 Å². The predicted molar refractivity (Wildman–Crippen MR) is 86.3 cm³/mol. The highest BCUT2D eigenvalue weighted by Gasteiger charge is 2.26. The van der Waals surface area contributed by atoms with Crippen molar-refractivity contribution in [3.63, 3.8) is 0 Å². The summed E-state index contributed by atoms with van der Waals surface area (Å²) in [5, 5.41) is 3.03. The minimum atomic E-state index is -0.0703. The average Bonchev–Trinajstić information content (AvgIpc) is 3.17. The normalized spacial score (nSPS) is 17.1. The predicted octanol–water partition coefficient (Wildman–Crippen LogP) is 1.73. The van der Waals surface area contributed by atoms with E-state index >= 15 is 0 Å². The SMILES string of the molecule is Cc1ccc(C(CNC(=O)c2cccn2C)N2CCOCC2)o1. The first kappa shape index (κ1) is 15.8. The van der Waals surface area contributed by atoms with Gasteiger partial charge in [0.25, 0.3) is 5.91 Å². The lowest BCUT2D eigenvalue weighted by atomic mass is 10.1. The molecule has 1 aliphatic rings. The summed E-state index contributed by atoms with van der Waals surface area (Å²) in [5.41, 5.74) is 0.654. The molecular formula is C17H23N3O3. The van der Waals surface area contributed by atoms with Crippen LogP contribution in [0.2, 0.25) is 0 Å². The molecule has 3 rings (SSSR count). The molecule has 2 aromatic rings. The van der Waals surface area contributed by atoms with Gasteiger partial charge in [-0.05, 0) is 31.2 Å². The summed E-state index contributed by atoms with van der Waals surface area (Å²) in [7, 11) is 1.87. The second kappa shape index (κ2) is 7.02. The number of morpholine rings is 1. The molecule has 1 atom stereocenters. The molecule has 23 heavy (non-hydrogen) atoms. The van der Waals surface area contributed by atoms with Gasteiger partial charge in [0.1, 0.15) is 17.2 Å². The lowest BCUT2D eigenvalue weighted by molar-refractivity contribution is 0.0116. The quantitative estimate of drug-likeness (QED) is 0.912. The molecule has 1 saturated heterocycles. The van der Waals surface area contributed by atoms with E-state index < -0.39 is 0 Å². The van der Waals surface area contributed by atoms with Gasteiger partial charge in [-0.2, -0.15) is 0 Å². The van der Waals surface area contributed by atoms with Crippen LogP contribution in [0, 0.1) is 6.92 Å². The van der Waals surface area contributed by atoms with Gasteiger partial charge in [0, 0.05) is 32.9 Å². The van der Waals surface area contributed by atoms with Crippen LogP contribution in [-0.2, 0) is 11.8 Å². The second-order valence-corrected chi connectivity index (χ2v) is 5.83. The first-order chi connectivity index (χ1) is 11.1. The molecule has 1 N–H and O–H groups in total. The van der Waals surface area contributed by atoms with E-state index in [9.17, 15) is 4.79 Å². The number of nitrogens with one attached hydrogen (secondary N) is 1. The second-order valence-electron chi connectivity index (χ2n) is 5.83. The molecule has 0 radical (unpaired) electrons. The zero-order valence-electron chi connectivity index (χ0n) is 13.6. The highest BCUT2D eigenvalue weighted by atomic mass is 16.5. The summed E-state index contributed by atoms with van der Waals surface area (Å²) in [6.45, 7) is 5.54. The number of hydrogen-bond acceptors (Lipinski definition) is 4. The summed E-state index contributed by atoms with van der Waals surface area (Å²) in [5.74, 6) is 1.70. The van der Waals surface area contributed by atoms with Crippen molar-refractivity contribution in [1.82, 2.24) is 14.8 Å². The van der Waals surface area contributed by atoms with Crippen LogP contribution in [-0.4, -0.2) is 48.2 Å². The van der Waals surface area contributed by atoms with Crippen molar-refractivity contribution in [2.24, 2.45) is 7.05 Å². The largest absolute Gasteiger partial charge is 0.465 e. The molecule has 124 valence electrons. The maximum absolute atomic E-state index is 12.3. The monoisotopic (exact) mass is 317 g/mol. The molecule has 0 saturated carbocycles. The van der Waals surface area contributed by atoms with Gasteiger partial charge in [0.2, 0.25) is 0 Å². The topological polar surface area (TPSA) is 59.6 Å². The van der Waals surface area contributed by atoms with Crippen LogP contribution in [0.15, 0.2) is 34.9 Å². The number of carbonyl (C=O) groups is 1. The number of nitrogens with zero attached hydrogens (tertiary/aromatic N) is 2. The van der Waals surface area contributed by atoms with Crippen molar-refractivity contribution in [2.75, 3.05) is 32.8 Å². The van der Waals surface area contributed by atoms with Crippen molar-refractivity contribution in [3.8, 4) is 0 Å². The van der Waals surface area contributed by atoms with E-state index in [1.807, 2.05) is 49.0 Å². The maximum Gasteiger partial charge on any atom is 0.267 e. The molecule has 6 nitrogen and oxygen atoms in total. The lowest BCUT2D eigenvalue weighted by Gasteiger charge is -2.33. The van der Waals surface area contributed by atoms with Crippen molar-refractivity contribution in [3.05, 3.63) is 47.7 Å². The van der Waals surface area contributed by atoms with Crippen LogP contribution >= 0.6 is 0 Å². The third kappa shape index (κ3) is 3.65. The fourth-order valence-corrected chi connectivity index (χ4v) is 2.91. The van der Waals surface area contributed by atoms with E-state index in [1.165, 1.54) is 0 Å². The van der Waals surface area contributed by atoms with Gasteiger partial charge in [-0.3, -0.25) is 9.69 Å². The van der Waals surface area contributed by atoms with Crippen LogP contribution < -0.4 is 5.32 Å². The number of aryl methyl sites for hydroxylation is 2. The van der Waals surface area contributed by atoms with Gasteiger partial charge in [-0.1, -0.05) is 0 Å². The molecule has 0 aromatic carbocycles. The smallest absolute Gasteiger partial charge is 0.267 e. The third-order valence-corrected chi connectivity index (χ3v) is 4.21. The molecule has 2 aromatic heterocycles. The third-order valence-electron chi connectivity index (χ3n) is 4.21. The first-order valence-electron chi connectivity index (χ1n) is 7.93. The number of aromatic nitrogens is 1. The van der Waals surface area contributed by atoms with Crippen molar-refractivity contribution >= 4 is 5.91 Å². The van der Waals surface area contributed by atoms with Gasteiger partial charge >= 0.3 is 0 Å². The Labute approximate surface area is 136 Å². The Bertz CT molecular complexity index is 656. The Hall–Kier alpha value is -2.05. The number of carbonyl (C=O) groups excluding carboxylic acids is 1. The number of ether oxygens (including phenoxy) is 1. The van der Waals surface area contributed by atoms with E-state index in [1.54, 1.807) is 0 Å². The zero-order valence-corrected chi connectivity index (χ0v) is 13.6. The Morgan fingerprint density at radius 2 is 2.09 bits per heavy atom. The zero-order chi connectivity index (χ0) is 16.2. The molecule has 1 fully saturated rings. The maximum atomic E-state index is 12.3. The van der Waals surface area contributed by atoms with E-state index in [-0.39, 0.29) is 11.9 Å². The van der Waals surface area contributed by atoms with E-state index in [0.717, 1.165) is 24.6 Å². The van der Waals surface area contributed by atoms with Crippen LogP contribution in [0.1, 0.15) is 28.1 Å². The molecule has 3 heterocycles. The average molecular weight is 317 g/mol. The van der Waals surface area contributed by atoms with Crippen LogP contribution in [0.3, 0.4) is 0 Å². The molecule has 1 amide bonds. The summed E-state index contributed by atoms with van der Waals surface area (Å²) in [4.78, 5) is 14.6. The Kier molecular flexibility index (Phi) is 4.83. The van der Waals surface area contributed by atoms with Crippen molar-refractivity contribution < 1.29 is 13.9 Å². The summed E-state index contributed by atoms with van der Waals surface area (Å²) in [6, 6.07) is 7.66. The Balaban J connectivity index is 1.71. The van der Waals surface area contributed by atoms with Gasteiger partial charge < -0.3 is 19.0 Å². The standard InChI is InChI=1S/C17H23N3O3/c1-13-5-6-16(23-13)15(20-8-10-22-11-9-20)12-18-17(21)14-4-3-7-19(14)2/h3-7,15H,8-12H2,1-2H3,(H,18,21). The van der Waals surface area contributed by atoms with Gasteiger partial charge in [0.05, 0.1) is 19.3 Å². The van der Waals surface area contributed by atoms with Crippen molar-refractivity contribution in [1.29, 1.82) is 0 Å². The van der Waals surface area contributed by atoms with E-state index in [4.69, 9.17) is 9.15 Å². The lowest BCUT2D eigenvalue weighted by Crippen LogP contribution is -2.43. The molecular weight excluding hydrogens is 294 g/mol. The van der Waals surface area contributed by atoms with Crippen LogP contribution in [0.25, 0.3) is 0 Å². The van der Waals surface area contributed by atoms with Gasteiger partial charge in [0.15, 0.2) is 0 Å². The number of rotatable bonds is 5. The van der Waals surface area contributed by atoms with Gasteiger partial charge in [-0.25, -0.2) is 0 Å². The Morgan fingerprint density at radius 1 is 1.30 bits per heavy atom. The fraction of sp³-hybridized carbons (Fsp3) is 0.471. The summed E-state index contributed by atoms with van der Waals surface area (Å²) >= 11 is 0. The minimum Gasteiger partial charge on any atom is -0.465 e. The molecule has 0 spiro atoms. The molecule has 0 bridgehead atoms. The molecule has 0 aliphatic carbocycles. The number of hydrogen-bond donors (Lipinski definition) is 1. The Morgan fingerprint density at radius 3 is 2.70 bits per heavy atom. The van der Waals surface area contributed by atoms with Crippen LogP contribution in [0.5, 0.6) is 0 Å². The van der Waals surface area contributed by atoms with E-state index in [0.29, 0.717) is 25.5 Å². The van der Waals surface area contributed by atoms with Crippen molar-refractivity contribution in [2.45, 2.75) is 13.0 Å². The van der Waals surface area contributed by atoms with E-state index in [2.05, 4.69) is 10.2 Å². The fourth-order valence-electron chi connectivity index (χ4n) is 2.91. The summed E-state index contributed by atoms with van der Waals surface area (Å²) in [6.07, 6.45) is 1.87. The highest BCUT2D eigenvalue weighted by Crippen LogP contribution is 2.23. The minimum absolute atomic E-state index is 0.0248. The first-order valence-corrected chi connectivity index (χ1v) is 7.93. The summed E-state index contributed by atoms with van der Waals surface area (Å²) < 4.78 is 13.1. The number of furan rings is 1. The molecule has 6 heteroatoms. The molecule has 1 aliphatic heterocycles. The van der Waals surface area contributed by atoms with Gasteiger partial charge in [-0.15, -0.1) is 0 Å².